The lowest BCUT2D eigenvalue weighted by Crippen LogP contribution is -2.48. The molecule has 1 saturated heterocycles. The van der Waals surface area contributed by atoms with Gasteiger partial charge in [-0.3, -0.25) is 9.69 Å². The Kier molecular flexibility index (Phi) is 9.24. The lowest BCUT2D eigenvalue weighted by atomic mass is 10.0. The van der Waals surface area contributed by atoms with Gasteiger partial charge in [-0.25, -0.2) is 8.42 Å². The highest BCUT2D eigenvalue weighted by Gasteiger charge is 2.32. The van der Waals surface area contributed by atoms with Gasteiger partial charge < -0.3 is 10.1 Å². The van der Waals surface area contributed by atoms with Gasteiger partial charge >= 0.3 is 0 Å². The van der Waals surface area contributed by atoms with Crippen LogP contribution in [0.5, 0.6) is 0 Å². The van der Waals surface area contributed by atoms with E-state index in [-0.39, 0.29) is 29.1 Å². The minimum absolute atomic E-state index is 0.154. The van der Waals surface area contributed by atoms with E-state index in [2.05, 4.69) is 36.2 Å². The Morgan fingerprint density at radius 2 is 1.62 bits per heavy atom. The van der Waals surface area contributed by atoms with Crippen LogP contribution >= 0.6 is 0 Å². The molecule has 2 aromatic rings. The molecule has 3 rings (SSSR count). The molecule has 1 aliphatic rings. The van der Waals surface area contributed by atoms with Crippen molar-refractivity contribution in [2.75, 3.05) is 32.7 Å². The molecular weight excluding hydrogens is 450 g/mol. The summed E-state index contributed by atoms with van der Waals surface area (Å²) < 4.78 is 33.2. The van der Waals surface area contributed by atoms with Gasteiger partial charge in [-0.1, -0.05) is 44.2 Å². The monoisotopic (exact) mass is 487 g/mol. The maximum Gasteiger partial charge on any atom is 0.251 e. The standard InChI is InChI=1S/C26H37N3O4S/c1-5-28(6-2)24(16-22-10-8-7-9-11-22)17-27-26(30)23-12-14-25(15-13-23)34(31,32)29-18-20(3)33-21(4)19-29/h7-15,20-21,24H,5-6,16-19H2,1-4H3,(H,27,30). The molecule has 8 heteroatoms. The van der Waals surface area contributed by atoms with Crippen molar-refractivity contribution in [1.82, 2.24) is 14.5 Å². The first kappa shape index (κ1) is 26.3. The molecule has 0 bridgehead atoms. The third kappa shape index (κ3) is 6.66. The summed E-state index contributed by atoms with van der Waals surface area (Å²) in [5, 5.41) is 3.04. The number of ether oxygens (including phenoxy) is 1. The van der Waals surface area contributed by atoms with Gasteiger partial charge in [-0.2, -0.15) is 4.31 Å². The third-order valence-electron chi connectivity index (χ3n) is 6.28. The fraction of sp³-hybridized carbons (Fsp3) is 0.500. The number of nitrogens with zero attached hydrogens (tertiary/aromatic N) is 2. The average Bonchev–Trinajstić information content (AvgIpc) is 2.83. The zero-order valence-corrected chi connectivity index (χ0v) is 21.4. The summed E-state index contributed by atoms with van der Waals surface area (Å²) >= 11 is 0. The molecule has 3 atom stereocenters. The van der Waals surface area contributed by atoms with Crippen molar-refractivity contribution in [3.05, 3.63) is 65.7 Å². The summed E-state index contributed by atoms with van der Waals surface area (Å²) in [5.41, 5.74) is 1.68. The number of likely N-dealkylation sites (N-methyl/N-ethyl adjacent to an activating group) is 1. The van der Waals surface area contributed by atoms with Crippen LogP contribution < -0.4 is 5.32 Å². The van der Waals surface area contributed by atoms with Gasteiger partial charge in [0.2, 0.25) is 10.0 Å². The molecule has 1 aliphatic heterocycles. The first-order chi connectivity index (χ1) is 16.2. The van der Waals surface area contributed by atoms with Gasteiger partial charge in [0.1, 0.15) is 0 Å². The number of carbonyl (C=O) groups is 1. The summed E-state index contributed by atoms with van der Waals surface area (Å²) in [4.78, 5) is 15.4. The van der Waals surface area contributed by atoms with Crippen LogP contribution in [0.4, 0.5) is 0 Å². The summed E-state index contributed by atoms with van der Waals surface area (Å²) in [6, 6.07) is 16.6. The summed E-state index contributed by atoms with van der Waals surface area (Å²) in [6.45, 7) is 10.9. The van der Waals surface area contributed by atoms with Gasteiger partial charge in [0, 0.05) is 31.2 Å². The maximum absolute atomic E-state index is 13.1. The second-order valence-corrected chi connectivity index (χ2v) is 10.8. The van der Waals surface area contributed by atoms with Crippen LogP contribution in [0.2, 0.25) is 0 Å². The number of rotatable bonds is 10. The van der Waals surface area contributed by atoms with Crippen LogP contribution in [0.15, 0.2) is 59.5 Å². The van der Waals surface area contributed by atoms with E-state index in [1.54, 1.807) is 12.1 Å². The molecule has 0 radical (unpaired) electrons. The number of hydrogen-bond acceptors (Lipinski definition) is 5. The van der Waals surface area contributed by atoms with Crippen molar-refractivity contribution in [3.8, 4) is 0 Å². The van der Waals surface area contributed by atoms with Crippen LogP contribution in [0.1, 0.15) is 43.6 Å². The second kappa shape index (κ2) is 11.9. The van der Waals surface area contributed by atoms with Crippen LogP contribution in [-0.2, 0) is 21.2 Å². The number of hydrogen-bond donors (Lipinski definition) is 1. The fourth-order valence-electron chi connectivity index (χ4n) is 4.52. The first-order valence-electron chi connectivity index (χ1n) is 12.1. The van der Waals surface area contributed by atoms with Crippen molar-refractivity contribution in [2.45, 2.75) is 57.3 Å². The highest BCUT2D eigenvalue weighted by atomic mass is 32.2. The Morgan fingerprint density at radius 3 is 2.18 bits per heavy atom. The molecule has 2 aromatic carbocycles. The zero-order valence-electron chi connectivity index (χ0n) is 20.6. The predicted molar refractivity (Wildman–Crippen MR) is 134 cm³/mol. The second-order valence-electron chi connectivity index (χ2n) is 8.88. The summed E-state index contributed by atoms with van der Waals surface area (Å²) in [7, 11) is -3.63. The van der Waals surface area contributed by atoms with E-state index < -0.39 is 10.0 Å². The number of amides is 1. The van der Waals surface area contributed by atoms with Crippen molar-refractivity contribution >= 4 is 15.9 Å². The van der Waals surface area contributed by atoms with Crippen LogP contribution in [-0.4, -0.2) is 74.5 Å². The smallest absolute Gasteiger partial charge is 0.251 e. The van der Waals surface area contributed by atoms with E-state index in [0.717, 1.165) is 19.5 Å². The molecule has 1 amide bonds. The van der Waals surface area contributed by atoms with Gasteiger partial charge in [-0.05, 0) is 63.2 Å². The topological polar surface area (TPSA) is 79.0 Å². The highest BCUT2D eigenvalue weighted by molar-refractivity contribution is 7.89. The average molecular weight is 488 g/mol. The molecule has 186 valence electrons. The van der Waals surface area contributed by atoms with E-state index in [1.807, 2.05) is 32.0 Å². The molecule has 1 N–H and O–H groups in total. The Bertz CT molecular complexity index is 1010. The molecule has 7 nitrogen and oxygen atoms in total. The quantitative estimate of drug-likeness (QED) is 0.557. The van der Waals surface area contributed by atoms with E-state index in [4.69, 9.17) is 4.74 Å². The van der Waals surface area contributed by atoms with E-state index in [1.165, 1.54) is 22.0 Å². The SMILES string of the molecule is CCN(CC)C(CNC(=O)c1ccc(S(=O)(=O)N2CC(C)OC(C)C2)cc1)Cc1ccccc1. The number of nitrogens with one attached hydrogen (secondary N) is 1. The van der Waals surface area contributed by atoms with Crippen molar-refractivity contribution in [2.24, 2.45) is 0 Å². The number of morpholine rings is 1. The molecule has 34 heavy (non-hydrogen) atoms. The Hall–Kier alpha value is -2.26. The minimum atomic E-state index is -3.63. The Balaban J connectivity index is 1.66. The van der Waals surface area contributed by atoms with Crippen LogP contribution in [0, 0.1) is 0 Å². The van der Waals surface area contributed by atoms with Crippen LogP contribution in [0.3, 0.4) is 0 Å². The number of benzene rings is 2. The fourth-order valence-corrected chi connectivity index (χ4v) is 6.11. The third-order valence-corrected chi connectivity index (χ3v) is 8.13. The molecule has 1 heterocycles. The van der Waals surface area contributed by atoms with Gasteiger partial charge in [0.15, 0.2) is 0 Å². The Labute approximate surface area is 204 Å². The van der Waals surface area contributed by atoms with E-state index in [0.29, 0.717) is 25.2 Å². The van der Waals surface area contributed by atoms with E-state index >= 15 is 0 Å². The lowest BCUT2D eigenvalue weighted by molar-refractivity contribution is -0.0440. The highest BCUT2D eigenvalue weighted by Crippen LogP contribution is 2.21. The largest absolute Gasteiger partial charge is 0.373 e. The van der Waals surface area contributed by atoms with Gasteiger partial charge in [0.05, 0.1) is 17.1 Å². The molecule has 0 aliphatic carbocycles. The normalized spacial score (nSPS) is 20.3. The predicted octanol–water partition coefficient (Wildman–Crippen LogP) is 3.17. The zero-order chi connectivity index (χ0) is 24.7. The molecular formula is C26H37N3O4S. The number of sulfonamides is 1. The summed E-state index contributed by atoms with van der Waals surface area (Å²) in [5.74, 6) is -0.206. The lowest BCUT2D eigenvalue weighted by Gasteiger charge is -2.34. The number of carbonyl (C=O) groups excluding carboxylic acids is 1. The molecule has 3 unspecified atom stereocenters. The molecule has 1 fully saturated rings. The summed E-state index contributed by atoms with van der Waals surface area (Å²) in [6.07, 6.45) is 0.535. The minimum Gasteiger partial charge on any atom is -0.373 e. The van der Waals surface area contributed by atoms with Gasteiger partial charge in [-0.15, -0.1) is 0 Å². The Morgan fingerprint density at radius 1 is 1.03 bits per heavy atom. The van der Waals surface area contributed by atoms with Crippen molar-refractivity contribution < 1.29 is 17.9 Å². The molecule has 0 saturated carbocycles. The van der Waals surface area contributed by atoms with Crippen LogP contribution in [0.25, 0.3) is 0 Å². The van der Waals surface area contributed by atoms with Crippen molar-refractivity contribution in [1.29, 1.82) is 0 Å². The first-order valence-corrected chi connectivity index (χ1v) is 13.5. The molecule has 0 aromatic heterocycles. The molecule has 0 spiro atoms. The van der Waals surface area contributed by atoms with Gasteiger partial charge in [0.25, 0.3) is 5.91 Å². The maximum atomic E-state index is 13.1. The van der Waals surface area contributed by atoms with Crippen molar-refractivity contribution in [3.63, 3.8) is 0 Å². The van der Waals surface area contributed by atoms with E-state index in [9.17, 15) is 13.2 Å².